The van der Waals surface area contributed by atoms with E-state index in [0.717, 1.165) is 43.7 Å². The van der Waals surface area contributed by atoms with Crippen molar-refractivity contribution in [1.29, 1.82) is 5.26 Å². The van der Waals surface area contributed by atoms with Crippen LogP contribution in [-0.2, 0) is 0 Å². The van der Waals surface area contributed by atoms with E-state index in [9.17, 15) is 5.26 Å². The average molecular weight is 407 g/mol. The molecule has 0 spiro atoms. The Morgan fingerprint density at radius 1 is 1.14 bits per heavy atom. The standard InChI is InChI=1S/C21H19ClN6O/c22-16-4-2-1-3-15(16)20-11-17(26-29-20)19-6-5-14-13-27(9-10-28(14)19)21-18(12-23)24-7-8-25-21/h1-4,7-8,11,14,19H,5-6,9-10,13H2/t14-,19+/m0/s1. The van der Waals surface area contributed by atoms with Crippen LogP contribution >= 0.6 is 11.6 Å². The molecule has 0 amide bonds. The Bertz CT molecular complexity index is 1080. The van der Waals surface area contributed by atoms with E-state index < -0.39 is 0 Å². The van der Waals surface area contributed by atoms with Crippen molar-refractivity contribution in [3.8, 4) is 17.4 Å². The molecule has 2 aromatic heterocycles. The van der Waals surface area contributed by atoms with Gasteiger partial charge in [0.25, 0.3) is 0 Å². The van der Waals surface area contributed by atoms with Crippen molar-refractivity contribution in [2.24, 2.45) is 0 Å². The first-order chi connectivity index (χ1) is 14.2. The minimum atomic E-state index is 0.236. The van der Waals surface area contributed by atoms with Gasteiger partial charge < -0.3 is 9.42 Å². The van der Waals surface area contributed by atoms with Crippen LogP contribution in [0.1, 0.15) is 30.3 Å². The number of aromatic nitrogens is 3. The van der Waals surface area contributed by atoms with Gasteiger partial charge in [0.1, 0.15) is 11.8 Å². The molecule has 3 aromatic rings. The van der Waals surface area contributed by atoms with Crippen LogP contribution in [0.4, 0.5) is 5.82 Å². The topological polar surface area (TPSA) is 82.1 Å². The van der Waals surface area contributed by atoms with Crippen molar-refractivity contribution in [3.05, 3.63) is 59.1 Å². The molecule has 7 nitrogen and oxygen atoms in total. The lowest BCUT2D eigenvalue weighted by Crippen LogP contribution is -2.51. The molecule has 0 unspecified atom stereocenters. The molecule has 5 rings (SSSR count). The van der Waals surface area contributed by atoms with Crippen molar-refractivity contribution >= 4 is 17.4 Å². The summed E-state index contributed by atoms with van der Waals surface area (Å²) in [4.78, 5) is 13.2. The zero-order chi connectivity index (χ0) is 19.8. The molecule has 2 saturated heterocycles. The molecule has 0 radical (unpaired) electrons. The summed E-state index contributed by atoms with van der Waals surface area (Å²) in [5.41, 5.74) is 2.20. The van der Waals surface area contributed by atoms with Crippen LogP contribution in [0.15, 0.2) is 47.2 Å². The van der Waals surface area contributed by atoms with Gasteiger partial charge in [0.15, 0.2) is 17.3 Å². The lowest BCUT2D eigenvalue weighted by Gasteiger charge is -2.40. The summed E-state index contributed by atoms with van der Waals surface area (Å²) in [7, 11) is 0. The van der Waals surface area contributed by atoms with E-state index in [0.29, 0.717) is 28.3 Å². The summed E-state index contributed by atoms with van der Waals surface area (Å²) >= 11 is 6.30. The van der Waals surface area contributed by atoms with Crippen molar-refractivity contribution in [2.75, 3.05) is 24.5 Å². The first-order valence-electron chi connectivity index (χ1n) is 9.68. The predicted molar refractivity (Wildman–Crippen MR) is 108 cm³/mol. The summed E-state index contributed by atoms with van der Waals surface area (Å²) in [5, 5.41) is 14.3. The number of anilines is 1. The summed E-state index contributed by atoms with van der Waals surface area (Å²) in [6.45, 7) is 2.51. The van der Waals surface area contributed by atoms with Gasteiger partial charge in [-0.05, 0) is 25.0 Å². The van der Waals surface area contributed by atoms with Crippen LogP contribution in [0.3, 0.4) is 0 Å². The Labute approximate surface area is 173 Å². The largest absolute Gasteiger partial charge is 0.356 e. The fraction of sp³-hybridized carbons (Fsp3) is 0.333. The molecule has 2 aliphatic heterocycles. The lowest BCUT2D eigenvalue weighted by molar-refractivity contribution is 0.170. The molecule has 0 aliphatic carbocycles. The van der Waals surface area contributed by atoms with Crippen LogP contribution in [0.25, 0.3) is 11.3 Å². The second kappa shape index (κ2) is 7.47. The Balaban J connectivity index is 1.34. The summed E-state index contributed by atoms with van der Waals surface area (Å²) in [6, 6.07) is 12.4. The number of fused-ring (bicyclic) bond motifs is 1. The highest BCUT2D eigenvalue weighted by Crippen LogP contribution is 2.39. The molecular weight excluding hydrogens is 388 g/mol. The molecule has 0 bridgehead atoms. The van der Waals surface area contributed by atoms with Crippen LogP contribution in [0, 0.1) is 11.3 Å². The second-order valence-electron chi connectivity index (χ2n) is 7.37. The fourth-order valence-electron chi connectivity index (χ4n) is 4.44. The summed E-state index contributed by atoms with van der Waals surface area (Å²) in [6.07, 6.45) is 5.30. The van der Waals surface area contributed by atoms with Crippen LogP contribution < -0.4 is 4.90 Å². The maximum absolute atomic E-state index is 9.33. The smallest absolute Gasteiger partial charge is 0.183 e. The van der Waals surface area contributed by atoms with Gasteiger partial charge in [0.2, 0.25) is 0 Å². The lowest BCUT2D eigenvalue weighted by atomic mass is 10.1. The molecule has 2 atom stereocenters. The Morgan fingerprint density at radius 2 is 2.00 bits per heavy atom. The Hall–Kier alpha value is -2.95. The number of piperazine rings is 1. The molecule has 29 heavy (non-hydrogen) atoms. The highest BCUT2D eigenvalue weighted by molar-refractivity contribution is 6.33. The van der Waals surface area contributed by atoms with Gasteiger partial charge in [0, 0.05) is 49.7 Å². The molecule has 2 aliphatic rings. The van der Waals surface area contributed by atoms with Crippen molar-refractivity contribution in [2.45, 2.75) is 24.9 Å². The zero-order valence-corrected chi connectivity index (χ0v) is 16.5. The Kier molecular flexibility index (Phi) is 4.66. The van der Waals surface area contributed by atoms with E-state index in [-0.39, 0.29) is 6.04 Å². The molecule has 4 heterocycles. The van der Waals surface area contributed by atoms with E-state index in [4.69, 9.17) is 16.1 Å². The van der Waals surface area contributed by atoms with E-state index >= 15 is 0 Å². The van der Waals surface area contributed by atoms with Gasteiger partial charge in [-0.15, -0.1) is 0 Å². The minimum absolute atomic E-state index is 0.236. The SMILES string of the molecule is N#Cc1nccnc1N1CCN2[C@@H](CC[C@@H]2c2cc(-c3ccccc3Cl)on2)C1. The third-order valence-electron chi connectivity index (χ3n) is 5.80. The van der Waals surface area contributed by atoms with Gasteiger partial charge in [-0.25, -0.2) is 9.97 Å². The maximum atomic E-state index is 9.33. The Morgan fingerprint density at radius 3 is 2.86 bits per heavy atom. The number of nitrogens with zero attached hydrogens (tertiary/aromatic N) is 6. The fourth-order valence-corrected chi connectivity index (χ4v) is 4.67. The van der Waals surface area contributed by atoms with Gasteiger partial charge in [-0.2, -0.15) is 5.26 Å². The molecule has 0 N–H and O–H groups in total. The maximum Gasteiger partial charge on any atom is 0.183 e. The highest BCUT2D eigenvalue weighted by atomic mass is 35.5. The van der Waals surface area contributed by atoms with Gasteiger partial charge in [0.05, 0.1) is 11.1 Å². The number of nitriles is 1. The number of halogens is 1. The molecule has 146 valence electrons. The molecular formula is C21H19ClN6O. The number of rotatable bonds is 3. The van der Waals surface area contributed by atoms with Crippen LogP contribution in [-0.4, -0.2) is 45.7 Å². The number of hydrogen-bond acceptors (Lipinski definition) is 7. The third kappa shape index (κ3) is 3.24. The van der Waals surface area contributed by atoms with E-state index in [1.54, 1.807) is 12.4 Å². The van der Waals surface area contributed by atoms with Crippen molar-refractivity contribution in [1.82, 2.24) is 20.0 Å². The minimum Gasteiger partial charge on any atom is -0.356 e. The van der Waals surface area contributed by atoms with E-state index in [2.05, 4.69) is 31.0 Å². The van der Waals surface area contributed by atoms with Gasteiger partial charge in [-0.1, -0.05) is 28.9 Å². The monoisotopic (exact) mass is 406 g/mol. The van der Waals surface area contributed by atoms with Crippen molar-refractivity contribution < 1.29 is 4.52 Å². The molecule has 1 aromatic carbocycles. The summed E-state index contributed by atoms with van der Waals surface area (Å²) < 4.78 is 5.62. The third-order valence-corrected chi connectivity index (χ3v) is 6.12. The number of hydrogen-bond donors (Lipinski definition) is 0. The molecule has 2 fully saturated rings. The number of benzene rings is 1. The first kappa shape index (κ1) is 18.1. The normalized spacial score (nSPS) is 21.7. The highest BCUT2D eigenvalue weighted by Gasteiger charge is 2.40. The van der Waals surface area contributed by atoms with Crippen LogP contribution in [0.5, 0.6) is 0 Å². The first-order valence-corrected chi connectivity index (χ1v) is 10.1. The quantitative estimate of drug-likeness (QED) is 0.656. The average Bonchev–Trinajstić information content (AvgIpc) is 3.40. The summed E-state index contributed by atoms with van der Waals surface area (Å²) in [5.74, 6) is 1.38. The molecule has 8 heteroatoms. The second-order valence-corrected chi connectivity index (χ2v) is 7.77. The van der Waals surface area contributed by atoms with Crippen LogP contribution in [0.2, 0.25) is 5.02 Å². The van der Waals surface area contributed by atoms with Crippen molar-refractivity contribution in [3.63, 3.8) is 0 Å². The van der Waals surface area contributed by atoms with Gasteiger partial charge in [-0.3, -0.25) is 4.90 Å². The van der Waals surface area contributed by atoms with E-state index in [1.807, 2.05) is 30.3 Å². The molecule has 0 saturated carbocycles. The van der Waals surface area contributed by atoms with Gasteiger partial charge >= 0.3 is 0 Å². The van der Waals surface area contributed by atoms with E-state index in [1.165, 1.54) is 0 Å². The predicted octanol–water partition coefficient (Wildman–Crippen LogP) is 3.68. The zero-order valence-electron chi connectivity index (χ0n) is 15.7.